The third kappa shape index (κ3) is 4.43. The van der Waals surface area contributed by atoms with Crippen molar-refractivity contribution in [3.63, 3.8) is 0 Å². The van der Waals surface area contributed by atoms with Gasteiger partial charge in [0, 0.05) is 39.0 Å². The van der Waals surface area contributed by atoms with Gasteiger partial charge < -0.3 is 18.2 Å². The first-order valence-electron chi connectivity index (χ1n) is 20.1. The van der Waals surface area contributed by atoms with Gasteiger partial charge in [-0.3, -0.25) is 0 Å². The van der Waals surface area contributed by atoms with Gasteiger partial charge >= 0.3 is 0 Å². The lowest BCUT2D eigenvalue weighted by atomic mass is 9.67. The summed E-state index contributed by atoms with van der Waals surface area (Å²) in [4.78, 5) is 2.37. The van der Waals surface area contributed by atoms with Crippen LogP contribution in [0.25, 0.3) is 76.9 Å². The van der Waals surface area contributed by atoms with Crippen molar-refractivity contribution in [3.8, 4) is 11.1 Å². The van der Waals surface area contributed by atoms with Crippen molar-refractivity contribution in [1.82, 2.24) is 0 Å². The van der Waals surface area contributed by atoms with Gasteiger partial charge in [-0.15, -0.1) is 0 Å². The summed E-state index contributed by atoms with van der Waals surface area (Å²) in [5.74, 6) is 0. The lowest BCUT2D eigenvalue weighted by Crippen LogP contribution is -2.28. The summed E-state index contributed by atoms with van der Waals surface area (Å²) in [5, 5.41) is 6.26. The van der Waals surface area contributed by atoms with E-state index in [1.54, 1.807) is 0 Å². The van der Waals surface area contributed by atoms with Crippen molar-refractivity contribution in [1.29, 1.82) is 0 Å². The Morgan fingerprint density at radius 1 is 0.339 bits per heavy atom. The molecular formula is C55H33NO3. The maximum Gasteiger partial charge on any atom is 0.147 e. The molecule has 12 aromatic rings. The second-order valence-corrected chi connectivity index (χ2v) is 15.5. The van der Waals surface area contributed by atoms with Crippen molar-refractivity contribution in [2.75, 3.05) is 4.90 Å². The highest BCUT2D eigenvalue weighted by Gasteiger charge is 2.46. The fourth-order valence-electron chi connectivity index (χ4n) is 10.1. The van der Waals surface area contributed by atoms with Crippen LogP contribution in [0.3, 0.4) is 0 Å². The van der Waals surface area contributed by atoms with Crippen LogP contribution in [0.5, 0.6) is 0 Å². The minimum absolute atomic E-state index is 0.562. The first-order chi connectivity index (χ1) is 29.3. The molecule has 1 aliphatic carbocycles. The Bertz CT molecular complexity index is 3590. The molecule has 13 rings (SSSR count). The van der Waals surface area contributed by atoms with E-state index in [4.69, 9.17) is 13.3 Å². The SMILES string of the molecule is c1ccc(C2(c3ccccc3)c3ccccc3-c3ccc(N(c4ccc5c(c4)oc4ccccc45)c4cccc5oc6ccc7c8ccccc8oc7c6c45)cc32)cc1. The molecule has 0 bridgehead atoms. The predicted octanol–water partition coefficient (Wildman–Crippen LogP) is 15.2. The molecule has 0 saturated heterocycles. The van der Waals surface area contributed by atoms with Crippen LogP contribution in [-0.2, 0) is 5.41 Å². The standard InChI is InChI=1S/C55H33NO3/c1-3-14-34(15-4-1)55(35-16-5-2-6-17-35)44-21-10-7-18-38(44)39-28-26-36(32-45(39)55)56(37-27-29-42-40-19-8-11-23-47(40)57-51(42)33-37)46-22-13-25-49-52(46)53-50(58-49)31-30-43-41-20-9-12-24-48(41)59-54(43)53/h1-33H. The summed E-state index contributed by atoms with van der Waals surface area (Å²) >= 11 is 0. The largest absolute Gasteiger partial charge is 0.456 e. The molecule has 1 aliphatic rings. The molecule has 0 radical (unpaired) electrons. The van der Waals surface area contributed by atoms with Crippen LogP contribution in [0.2, 0.25) is 0 Å². The highest BCUT2D eigenvalue weighted by atomic mass is 16.3. The number of rotatable bonds is 5. The van der Waals surface area contributed by atoms with Crippen molar-refractivity contribution in [2.45, 2.75) is 5.41 Å². The first-order valence-corrected chi connectivity index (χ1v) is 20.1. The molecule has 0 spiro atoms. The smallest absolute Gasteiger partial charge is 0.147 e. The van der Waals surface area contributed by atoms with Crippen LogP contribution in [0.4, 0.5) is 17.1 Å². The number of hydrogen-bond acceptors (Lipinski definition) is 4. The van der Waals surface area contributed by atoms with E-state index in [0.717, 1.165) is 82.9 Å². The average Bonchev–Trinajstić information content (AvgIpc) is 4.05. The normalized spacial score (nSPS) is 13.2. The molecule has 0 fully saturated rings. The fourth-order valence-corrected chi connectivity index (χ4v) is 10.1. The number of para-hydroxylation sites is 2. The van der Waals surface area contributed by atoms with Gasteiger partial charge in [-0.25, -0.2) is 0 Å². The first kappa shape index (κ1) is 32.3. The molecule has 3 heterocycles. The molecule has 0 amide bonds. The van der Waals surface area contributed by atoms with Crippen molar-refractivity contribution >= 4 is 82.9 Å². The van der Waals surface area contributed by atoms with Crippen molar-refractivity contribution in [3.05, 3.63) is 222 Å². The van der Waals surface area contributed by atoms with Gasteiger partial charge in [-0.05, 0) is 94.0 Å². The molecular weight excluding hydrogens is 723 g/mol. The van der Waals surface area contributed by atoms with Gasteiger partial charge in [-0.1, -0.05) is 133 Å². The van der Waals surface area contributed by atoms with E-state index >= 15 is 0 Å². The van der Waals surface area contributed by atoms with Crippen LogP contribution in [0, 0.1) is 0 Å². The van der Waals surface area contributed by atoms with Gasteiger partial charge in [-0.2, -0.15) is 0 Å². The number of nitrogens with zero attached hydrogens (tertiary/aromatic N) is 1. The Labute approximate surface area is 338 Å². The molecule has 0 N–H and O–H groups in total. The maximum atomic E-state index is 6.70. The van der Waals surface area contributed by atoms with Gasteiger partial charge in [0.2, 0.25) is 0 Å². The zero-order valence-electron chi connectivity index (χ0n) is 31.7. The van der Waals surface area contributed by atoms with E-state index in [9.17, 15) is 0 Å². The zero-order chi connectivity index (χ0) is 38.7. The van der Waals surface area contributed by atoms with E-state index in [1.165, 1.54) is 33.4 Å². The zero-order valence-corrected chi connectivity index (χ0v) is 31.7. The summed E-state index contributed by atoms with van der Waals surface area (Å²) in [7, 11) is 0. The molecule has 276 valence electrons. The number of furan rings is 3. The molecule has 0 atom stereocenters. The average molecular weight is 756 g/mol. The third-order valence-electron chi connectivity index (χ3n) is 12.5. The number of hydrogen-bond donors (Lipinski definition) is 0. The Kier molecular flexibility index (Phi) is 6.62. The molecule has 59 heavy (non-hydrogen) atoms. The van der Waals surface area contributed by atoms with E-state index < -0.39 is 5.41 Å². The van der Waals surface area contributed by atoms with Gasteiger partial charge in [0.25, 0.3) is 0 Å². The Morgan fingerprint density at radius 2 is 0.898 bits per heavy atom. The quantitative estimate of drug-likeness (QED) is 0.175. The van der Waals surface area contributed by atoms with Crippen molar-refractivity contribution in [2.24, 2.45) is 0 Å². The molecule has 4 nitrogen and oxygen atoms in total. The predicted molar refractivity (Wildman–Crippen MR) is 240 cm³/mol. The summed E-state index contributed by atoms with van der Waals surface area (Å²) in [6.07, 6.45) is 0. The van der Waals surface area contributed by atoms with E-state index in [1.807, 2.05) is 24.3 Å². The summed E-state index contributed by atoms with van der Waals surface area (Å²) in [6.45, 7) is 0. The highest BCUT2D eigenvalue weighted by molar-refractivity contribution is 6.25. The molecule has 4 heteroatoms. The Hall–Kier alpha value is -7.82. The highest BCUT2D eigenvalue weighted by Crippen LogP contribution is 2.58. The molecule has 0 unspecified atom stereocenters. The summed E-state index contributed by atoms with van der Waals surface area (Å²) < 4.78 is 19.9. The number of benzene rings is 9. The van der Waals surface area contributed by atoms with Gasteiger partial charge in [0.05, 0.1) is 21.9 Å². The Morgan fingerprint density at radius 3 is 1.69 bits per heavy atom. The second kappa shape index (κ2) is 12.1. The van der Waals surface area contributed by atoms with E-state index in [2.05, 4.69) is 181 Å². The number of fused-ring (bicyclic) bond motifs is 13. The summed E-state index contributed by atoms with van der Waals surface area (Å²) in [5.41, 5.74) is 14.7. The minimum Gasteiger partial charge on any atom is -0.456 e. The minimum atomic E-state index is -0.562. The van der Waals surface area contributed by atoms with E-state index in [0.29, 0.717) is 0 Å². The maximum absolute atomic E-state index is 6.70. The number of anilines is 3. The van der Waals surface area contributed by atoms with Gasteiger partial charge in [0.1, 0.15) is 33.5 Å². The molecule has 0 aliphatic heterocycles. The monoisotopic (exact) mass is 755 g/mol. The Balaban J connectivity index is 1.14. The topological polar surface area (TPSA) is 42.7 Å². The van der Waals surface area contributed by atoms with E-state index in [-0.39, 0.29) is 0 Å². The van der Waals surface area contributed by atoms with Crippen LogP contribution in [-0.4, -0.2) is 0 Å². The van der Waals surface area contributed by atoms with Crippen LogP contribution < -0.4 is 4.90 Å². The lowest BCUT2D eigenvalue weighted by Gasteiger charge is -2.35. The lowest BCUT2D eigenvalue weighted by molar-refractivity contribution is 0.663. The molecule has 0 saturated carbocycles. The summed E-state index contributed by atoms with van der Waals surface area (Å²) in [6, 6.07) is 71.4. The van der Waals surface area contributed by atoms with Gasteiger partial charge in [0.15, 0.2) is 0 Å². The van der Waals surface area contributed by atoms with Crippen molar-refractivity contribution < 1.29 is 13.3 Å². The third-order valence-corrected chi connectivity index (χ3v) is 12.5. The fraction of sp³-hybridized carbons (Fsp3) is 0.0182. The van der Waals surface area contributed by atoms with Crippen LogP contribution >= 0.6 is 0 Å². The van der Waals surface area contributed by atoms with Crippen LogP contribution in [0.1, 0.15) is 22.3 Å². The molecule has 9 aromatic carbocycles. The van der Waals surface area contributed by atoms with Crippen LogP contribution in [0.15, 0.2) is 213 Å². The molecule has 3 aromatic heterocycles. The second-order valence-electron chi connectivity index (χ2n) is 15.5.